The summed E-state index contributed by atoms with van der Waals surface area (Å²) in [4.78, 5) is 36.7. The summed E-state index contributed by atoms with van der Waals surface area (Å²) in [5, 5.41) is 8.97. The summed E-state index contributed by atoms with van der Waals surface area (Å²) in [6.07, 6.45) is -1.51. The Morgan fingerprint density at radius 1 is 0.919 bits per heavy atom. The molecule has 0 amide bonds. The topological polar surface area (TPSA) is 136 Å². The smallest absolute Gasteiger partial charge is 0.310 e. The van der Waals surface area contributed by atoms with Gasteiger partial charge < -0.3 is 38.3 Å². The van der Waals surface area contributed by atoms with Crippen molar-refractivity contribution in [1.29, 1.82) is 0 Å². The van der Waals surface area contributed by atoms with Gasteiger partial charge in [0.05, 0.1) is 46.7 Å². The van der Waals surface area contributed by atoms with Crippen LogP contribution in [0.3, 0.4) is 0 Å². The highest BCUT2D eigenvalue weighted by Crippen LogP contribution is 2.56. The molecule has 2 aromatic carbocycles. The van der Waals surface area contributed by atoms with Gasteiger partial charge in [-0.3, -0.25) is 14.4 Å². The second-order valence-corrected chi connectivity index (χ2v) is 8.89. The van der Waals surface area contributed by atoms with E-state index >= 15 is 0 Å². The summed E-state index contributed by atoms with van der Waals surface area (Å²) in [5.41, 5.74) is 2.03. The highest BCUT2D eigenvalue weighted by Gasteiger charge is 2.54. The van der Waals surface area contributed by atoms with Gasteiger partial charge in [-0.25, -0.2) is 0 Å². The number of ether oxygens (including phenoxy) is 7. The van der Waals surface area contributed by atoms with Crippen molar-refractivity contribution in [3.05, 3.63) is 41.0 Å². The van der Waals surface area contributed by atoms with E-state index in [2.05, 4.69) is 0 Å². The van der Waals surface area contributed by atoms with E-state index in [0.29, 0.717) is 45.4 Å². The summed E-state index contributed by atoms with van der Waals surface area (Å²) in [7, 11) is 4.52. The molecule has 3 aliphatic rings. The molecule has 37 heavy (non-hydrogen) atoms. The molecule has 11 nitrogen and oxygen atoms in total. The summed E-state index contributed by atoms with van der Waals surface area (Å²) in [6, 6.07) is 7.09. The predicted molar refractivity (Wildman–Crippen MR) is 124 cm³/mol. The number of hydrogen-bond donors (Lipinski definition) is 1. The molecular formula is C26H26O11. The van der Waals surface area contributed by atoms with E-state index in [1.807, 2.05) is 0 Å². The van der Waals surface area contributed by atoms with Crippen LogP contribution in [0.1, 0.15) is 41.6 Å². The lowest BCUT2D eigenvalue weighted by molar-refractivity contribution is -0.156. The summed E-state index contributed by atoms with van der Waals surface area (Å²) in [6.45, 7) is 0.0697. The Hall–Kier alpha value is -4.15. The molecule has 0 radical (unpaired) electrons. The van der Waals surface area contributed by atoms with Crippen molar-refractivity contribution in [3.8, 4) is 28.7 Å². The van der Waals surface area contributed by atoms with Crippen LogP contribution in [0.25, 0.3) is 0 Å². The minimum Gasteiger partial charge on any atom is -0.493 e. The second-order valence-electron chi connectivity index (χ2n) is 8.89. The van der Waals surface area contributed by atoms with Gasteiger partial charge in [0.2, 0.25) is 12.5 Å². The maximum Gasteiger partial charge on any atom is 0.310 e. The van der Waals surface area contributed by atoms with Crippen LogP contribution in [0, 0.1) is 11.8 Å². The molecule has 5 rings (SSSR count). The molecule has 1 fully saturated rings. The van der Waals surface area contributed by atoms with Gasteiger partial charge in [0.15, 0.2) is 23.0 Å². The molecule has 0 bridgehead atoms. The first-order valence-electron chi connectivity index (χ1n) is 11.7. The van der Waals surface area contributed by atoms with Crippen molar-refractivity contribution >= 4 is 17.9 Å². The number of methoxy groups -OCH3 is 3. The van der Waals surface area contributed by atoms with Gasteiger partial charge in [-0.2, -0.15) is 0 Å². The first kappa shape index (κ1) is 24.5. The molecule has 2 heterocycles. The zero-order valence-corrected chi connectivity index (χ0v) is 20.5. The number of cyclic esters (lactones) is 1. The fourth-order valence-corrected chi connectivity index (χ4v) is 5.35. The Morgan fingerprint density at radius 2 is 1.57 bits per heavy atom. The van der Waals surface area contributed by atoms with E-state index < -0.39 is 41.8 Å². The lowest BCUT2D eigenvalue weighted by atomic mass is 9.66. The minimum atomic E-state index is -1.11. The van der Waals surface area contributed by atoms with E-state index in [4.69, 9.17) is 38.3 Å². The third-order valence-electron chi connectivity index (χ3n) is 6.97. The number of benzene rings is 2. The zero-order valence-electron chi connectivity index (χ0n) is 20.5. The van der Waals surface area contributed by atoms with Gasteiger partial charge in [-0.15, -0.1) is 0 Å². The average molecular weight is 514 g/mol. The third kappa shape index (κ3) is 4.24. The predicted octanol–water partition coefficient (Wildman–Crippen LogP) is 2.82. The Morgan fingerprint density at radius 3 is 2.16 bits per heavy atom. The van der Waals surface area contributed by atoms with E-state index in [-0.39, 0.29) is 26.2 Å². The highest BCUT2D eigenvalue weighted by molar-refractivity contribution is 5.80. The van der Waals surface area contributed by atoms with Crippen LogP contribution in [-0.2, 0) is 23.9 Å². The number of esters is 2. The Bertz CT molecular complexity index is 1230. The molecular weight excluding hydrogens is 488 g/mol. The molecule has 4 atom stereocenters. The number of hydrogen-bond acceptors (Lipinski definition) is 10. The Balaban J connectivity index is 1.66. The number of rotatable bonds is 8. The molecule has 0 spiro atoms. The maximum atomic E-state index is 13.1. The zero-order chi connectivity index (χ0) is 26.3. The molecule has 1 saturated heterocycles. The van der Waals surface area contributed by atoms with Crippen LogP contribution in [0.15, 0.2) is 24.3 Å². The standard InChI is InChI=1S/C26H26O11/c1-31-18-6-12(7-19(32-2)25(18)33-3)22-13-8-16-17(36-11-35-16)9-14(13)24(15-10-34-26(30)23(15)22)37-21(29)5-4-20(27)28/h6-9,15,22-24H,4-5,10-11H2,1-3H3,(H,27,28)/t15-,22-,23-,24-/m0/s1. The van der Waals surface area contributed by atoms with Crippen molar-refractivity contribution in [2.75, 3.05) is 34.7 Å². The van der Waals surface area contributed by atoms with Gasteiger partial charge in [-0.05, 0) is 35.4 Å². The quantitative estimate of drug-likeness (QED) is 0.521. The van der Waals surface area contributed by atoms with E-state index in [1.54, 1.807) is 24.3 Å². The fourth-order valence-electron chi connectivity index (χ4n) is 5.35. The van der Waals surface area contributed by atoms with Crippen LogP contribution in [0.2, 0.25) is 0 Å². The minimum absolute atomic E-state index is 0.0328. The van der Waals surface area contributed by atoms with Crippen LogP contribution in [0.5, 0.6) is 28.7 Å². The first-order valence-corrected chi connectivity index (χ1v) is 11.7. The van der Waals surface area contributed by atoms with Gasteiger partial charge in [-0.1, -0.05) is 0 Å². The molecule has 0 saturated carbocycles. The number of aliphatic carboxylic acids is 1. The van der Waals surface area contributed by atoms with Crippen molar-refractivity contribution in [2.45, 2.75) is 24.9 Å². The molecule has 0 unspecified atom stereocenters. The van der Waals surface area contributed by atoms with Crippen molar-refractivity contribution in [2.24, 2.45) is 11.8 Å². The Labute approximate surface area is 212 Å². The highest BCUT2D eigenvalue weighted by atomic mass is 16.7. The van der Waals surface area contributed by atoms with E-state index in [9.17, 15) is 14.4 Å². The molecule has 0 aromatic heterocycles. The molecule has 2 aliphatic heterocycles. The van der Waals surface area contributed by atoms with Gasteiger partial charge in [0, 0.05) is 17.4 Å². The van der Waals surface area contributed by atoms with Crippen LogP contribution >= 0.6 is 0 Å². The largest absolute Gasteiger partial charge is 0.493 e. The molecule has 1 aliphatic carbocycles. The number of carbonyl (C=O) groups is 3. The van der Waals surface area contributed by atoms with Crippen molar-refractivity contribution in [3.63, 3.8) is 0 Å². The molecule has 2 aromatic rings. The van der Waals surface area contributed by atoms with Crippen LogP contribution in [0.4, 0.5) is 0 Å². The molecule has 1 N–H and O–H groups in total. The number of carboxylic acids is 1. The van der Waals surface area contributed by atoms with Gasteiger partial charge in [0.25, 0.3) is 0 Å². The second kappa shape index (κ2) is 9.72. The summed E-state index contributed by atoms with van der Waals surface area (Å²) in [5.74, 6) is -1.73. The summed E-state index contributed by atoms with van der Waals surface area (Å²) >= 11 is 0. The average Bonchev–Trinajstić information content (AvgIpc) is 3.51. The summed E-state index contributed by atoms with van der Waals surface area (Å²) < 4.78 is 39.0. The van der Waals surface area contributed by atoms with Crippen molar-refractivity contribution in [1.82, 2.24) is 0 Å². The normalized spacial score (nSPS) is 22.9. The number of carbonyl (C=O) groups excluding carboxylic acids is 2. The number of fused-ring (bicyclic) bond motifs is 3. The van der Waals surface area contributed by atoms with E-state index in [1.165, 1.54) is 21.3 Å². The number of carboxylic acid groups (broad SMARTS) is 1. The lowest BCUT2D eigenvalue weighted by Gasteiger charge is -2.38. The molecule has 11 heteroatoms. The molecule has 196 valence electrons. The SMILES string of the molecule is COc1cc([C@H]2c3cc4c(cc3[C@H](OC(=O)CCC(=O)O)[C@H]3COC(=O)[C@H]23)OCO4)cc(OC)c1OC. The fraction of sp³-hybridized carbons (Fsp3) is 0.423. The first-order chi connectivity index (χ1) is 17.9. The third-order valence-corrected chi connectivity index (χ3v) is 6.97. The van der Waals surface area contributed by atoms with Gasteiger partial charge in [0.1, 0.15) is 6.10 Å². The Kier molecular flexibility index (Phi) is 6.45. The van der Waals surface area contributed by atoms with Gasteiger partial charge >= 0.3 is 17.9 Å². The lowest BCUT2D eigenvalue weighted by Crippen LogP contribution is -2.36. The van der Waals surface area contributed by atoms with Crippen LogP contribution in [-0.4, -0.2) is 57.7 Å². The van der Waals surface area contributed by atoms with Crippen molar-refractivity contribution < 1.29 is 52.6 Å². The van der Waals surface area contributed by atoms with E-state index in [0.717, 1.165) is 0 Å². The maximum absolute atomic E-state index is 13.1. The monoisotopic (exact) mass is 514 g/mol. The van der Waals surface area contributed by atoms with Crippen LogP contribution < -0.4 is 23.7 Å².